The summed E-state index contributed by atoms with van der Waals surface area (Å²) in [7, 11) is 0. The molecule has 39 heavy (non-hydrogen) atoms. The molecule has 0 amide bonds. The number of ether oxygens (including phenoxy) is 3. The fraction of sp³-hybridized carbons (Fsp3) is 0.500. The highest BCUT2D eigenvalue weighted by Crippen LogP contribution is 2.34. The highest BCUT2D eigenvalue weighted by molar-refractivity contribution is 5.87. The Bertz CT molecular complexity index is 1180. The van der Waals surface area contributed by atoms with E-state index in [1.54, 1.807) is 31.4 Å². The van der Waals surface area contributed by atoms with Crippen molar-refractivity contribution in [1.29, 1.82) is 0 Å². The van der Waals surface area contributed by atoms with E-state index in [4.69, 9.17) is 18.6 Å². The minimum absolute atomic E-state index is 0.175. The number of nitrogens with one attached hydrogen (secondary N) is 1. The lowest BCUT2D eigenvalue weighted by Gasteiger charge is -2.39. The van der Waals surface area contributed by atoms with Crippen LogP contribution in [0.4, 0.5) is 0 Å². The molecule has 11 heteroatoms. The molecule has 11 nitrogen and oxygen atoms in total. The highest BCUT2D eigenvalue weighted by Gasteiger charge is 2.44. The smallest absolute Gasteiger partial charge is 0.229 e. The van der Waals surface area contributed by atoms with Crippen molar-refractivity contribution in [3.63, 3.8) is 0 Å². The Morgan fingerprint density at radius 2 is 1.67 bits per heavy atom. The van der Waals surface area contributed by atoms with E-state index in [1.807, 2.05) is 24.3 Å². The van der Waals surface area contributed by atoms with Crippen molar-refractivity contribution >= 4 is 11.0 Å². The molecule has 0 saturated carbocycles. The highest BCUT2D eigenvalue weighted by atomic mass is 16.7. The number of hydrogen-bond donors (Lipinski definition) is 7. The number of hydrogen-bond acceptors (Lipinski definition) is 11. The van der Waals surface area contributed by atoms with Gasteiger partial charge in [0, 0.05) is 12.1 Å². The molecule has 1 aromatic heterocycles. The van der Waals surface area contributed by atoms with E-state index < -0.39 is 42.9 Å². The quantitative estimate of drug-likeness (QED) is 0.145. The predicted octanol–water partition coefficient (Wildman–Crippen LogP) is 0.108. The first-order chi connectivity index (χ1) is 18.8. The second-order valence-electron chi connectivity index (χ2n) is 10.0. The molecule has 1 aliphatic rings. The zero-order valence-corrected chi connectivity index (χ0v) is 21.8. The van der Waals surface area contributed by atoms with Crippen LogP contribution in [-0.2, 0) is 17.6 Å². The summed E-state index contributed by atoms with van der Waals surface area (Å²) in [6, 6.07) is 12.9. The molecular weight excluding hydrogens is 510 g/mol. The van der Waals surface area contributed by atoms with Gasteiger partial charge in [0.15, 0.2) is 0 Å². The number of aliphatic hydroxyl groups is 6. The Balaban J connectivity index is 1.37. The standard InChI is InChI=1S/C28H37NO10/c1-28(15-31,16-32)29-11-12-36-19-9-6-17(7-10-19)5-8-18-14-37-20-3-2-4-21(23(18)20)38-27-26(35)25(34)24(33)22(13-30)39-27/h2-4,6-7,9-10,14,22,24-27,29-35H,5,8,11-13,15-16H2,1H3/t22-,24-,25+,26-,27-/m1/s1. The Morgan fingerprint density at radius 1 is 0.923 bits per heavy atom. The number of aryl methyl sites for hydroxylation is 2. The average molecular weight is 548 g/mol. The summed E-state index contributed by atoms with van der Waals surface area (Å²) in [6.45, 7) is 1.69. The molecule has 2 heterocycles. The second kappa shape index (κ2) is 13.1. The van der Waals surface area contributed by atoms with E-state index in [1.165, 1.54) is 0 Å². The summed E-state index contributed by atoms with van der Waals surface area (Å²) in [6.07, 6.45) is -3.89. The number of fused-ring (bicyclic) bond motifs is 1. The van der Waals surface area contributed by atoms with Crippen molar-refractivity contribution in [2.45, 2.75) is 56.0 Å². The molecule has 0 spiro atoms. The summed E-state index contributed by atoms with van der Waals surface area (Å²) < 4.78 is 22.9. The maximum atomic E-state index is 10.4. The van der Waals surface area contributed by atoms with Crippen LogP contribution in [0.5, 0.6) is 11.5 Å². The van der Waals surface area contributed by atoms with Crippen LogP contribution in [-0.4, -0.2) is 99.9 Å². The van der Waals surface area contributed by atoms with E-state index in [-0.39, 0.29) is 13.2 Å². The largest absolute Gasteiger partial charge is 0.492 e. The topological polar surface area (TPSA) is 174 Å². The minimum Gasteiger partial charge on any atom is -0.492 e. The lowest BCUT2D eigenvalue weighted by Crippen LogP contribution is -2.60. The van der Waals surface area contributed by atoms with Crippen molar-refractivity contribution in [2.75, 3.05) is 33.0 Å². The lowest BCUT2D eigenvalue weighted by molar-refractivity contribution is -0.277. The van der Waals surface area contributed by atoms with Crippen LogP contribution in [0.25, 0.3) is 11.0 Å². The van der Waals surface area contributed by atoms with Gasteiger partial charge in [-0.25, -0.2) is 0 Å². The first-order valence-electron chi connectivity index (χ1n) is 12.9. The van der Waals surface area contributed by atoms with Gasteiger partial charge in [-0.2, -0.15) is 0 Å². The maximum Gasteiger partial charge on any atom is 0.229 e. The summed E-state index contributed by atoms with van der Waals surface area (Å²) in [5.41, 5.74) is 1.80. The normalized spacial score (nSPS) is 23.7. The van der Waals surface area contributed by atoms with Gasteiger partial charge >= 0.3 is 0 Å². The zero-order valence-electron chi connectivity index (χ0n) is 21.8. The third-order valence-corrected chi connectivity index (χ3v) is 6.96. The Labute approximate surface area is 226 Å². The van der Waals surface area contributed by atoms with E-state index in [0.29, 0.717) is 48.5 Å². The van der Waals surface area contributed by atoms with Gasteiger partial charge in [0.2, 0.25) is 6.29 Å². The molecule has 1 aliphatic heterocycles. The monoisotopic (exact) mass is 547 g/mol. The molecular formula is C28H37NO10. The summed E-state index contributed by atoms with van der Waals surface area (Å²) >= 11 is 0. The molecule has 2 aromatic carbocycles. The van der Waals surface area contributed by atoms with Crippen LogP contribution in [0.15, 0.2) is 53.1 Å². The third kappa shape index (κ3) is 6.89. The summed E-state index contributed by atoms with van der Waals surface area (Å²) in [4.78, 5) is 0. The molecule has 3 aromatic rings. The number of rotatable bonds is 13. The van der Waals surface area contributed by atoms with Crippen LogP contribution in [0.3, 0.4) is 0 Å². The lowest BCUT2D eigenvalue weighted by atomic mass is 9.99. The van der Waals surface area contributed by atoms with Crippen LogP contribution in [0, 0.1) is 0 Å². The van der Waals surface area contributed by atoms with Gasteiger partial charge in [-0.1, -0.05) is 18.2 Å². The van der Waals surface area contributed by atoms with Crippen molar-refractivity contribution in [2.24, 2.45) is 0 Å². The average Bonchev–Trinajstić information content (AvgIpc) is 3.39. The zero-order chi connectivity index (χ0) is 28.0. The van der Waals surface area contributed by atoms with Gasteiger partial charge in [0.1, 0.15) is 48.1 Å². The van der Waals surface area contributed by atoms with Crippen LogP contribution in [0.1, 0.15) is 18.1 Å². The number of furan rings is 1. The molecule has 1 fully saturated rings. The summed E-state index contributed by atoms with van der Waals surface area (Å²) in [5.74, 6) is 1.09. The van der Waals surface area contributed by atoms with Crippen molar-refractivity contribution < 1.29 is 49.3 Å². The Kier molecular flexibility index (Phi) is 9.81. The van der Waals surface area contributed by atoms with Gasteiger partial charge in [0.05, 0.1) is 37.0 Å². The van der Waals surface area contributed by atoms with Crippen molar-refractivity contribution in [3.05, 3.63) is 59.9 Å². The first kappa shape index (κ1) is 29.2. The molecule has 4 rings (SSSR count). The Morgan fingerprint density at radius 3 is 2.36 bits per heavy atom. The number of benzene rings is 2. The van der Waals surface area contributed by atoms with E-state index in [0.717, 1.165) is 11.1 Å². The summed E-state index contributed by atoms with van der Waals surface area (Å²) in [5, 5.41) is 62.4. The van der Waals surface area contributed by atoms with E-state index >= 15 is 0 Å². The van der Waals surface area contributed by atoms with Crippen molar-refractivity contribution in [1.82, 2.24) is 5.32 Å². The molecule has 5 atom stereocenters. The van der Waals surface area contributed by atoms with Gasteiger partial charge in [-0.3, -0.25) is 0 Å². The minimum atomic E-state index is -1.53. The second-order valence-corrected chi connectivity index (χ2v) is 10.0. The molecule has 0 unspecified atom stereocenters. The van der Waals surface area contributed by atoms with Gasteiger partial charge < -0.3 is 54.6 Å². The Hall–Kier alpha value is -2.74. The maximum absolute atomic E-state index is 10.4. The number of aliphatic hydroxyl groups excluding tert-OH is 6. The van der Waals surface area contributed by atoms with Crippen LogP contribution >= 0.6 is 0 Å². The van der Waals surface area contributed by atoms with E-state index in [2.05, 4.69) is 5.32 Å². The van der Waals surface area contributed by atoms with Crippen LogP contribution < -0.4 is 14.8 Å². The molecule has 0 bridgehead atoms. The molecule has 214 valence electrons. The first-order valence-corrected chi connectivity index (χ1v) is 12.9. The third-order valence-electron chi connectivity index (χ3n) is 6.96. The predicted molar refractivity (Wildman–Crippen MR) is 141 cm³/mol. The molecule has 7 N–H and O–H groups in total. The van der Waals surface area contributed by atoms with Gasteiger partial charge in [0.25, 0.3) is 0 Å². The van der Waals surface area contributed by atoms with Crippen molar-refractivity contribution in [3.8, 4) is 11.5 Å². The molecule has 0 aliphatic carbocycles. The molecule has 1 saturated heterocycles. The van der Waals surface area contributed by atoms with Gasteiger partial charge in [-0.15, -0.1) is 0 Å². The fourth-order valence-electron chi connectivity index (χ4n) is 4.41. The SMILES string of the molecule is CC(CO)(CO)NCCOc1ccc(CCc2coc3cccc(O[C@@H]4O[C@H](CO)[C@@H](O)[C@H](O)[C@H]4O)c23)cc1. The fourth-order valence-corrected chi connectivity index (χ4v) is 4.41. The van der Waals surface area contributed by atoms with Crippen LogP contribution in [0.2, 0.25) is 0 Å². The van der Waals surface area contributed by atoms with Gasteiger partial charge in [-0.05, 0) is 49.6 Å². The van der Waals surface area contributed by atoms with E-state index in [9.17, 15) is 30.6 Å². The molecule has 0 radical (unpaired) electrons.